The quantitative estimate of drug-likeness (QED) is 0.770. The fourth-order valence-electron chi connectivity index (χ4n) is 3.30. The molecule has 0 aromatic heterocycles. The molecule has 3 atom stereocenters. The predicted molar refractivity (Wildman–Crippen MR) is 84.4 cm³/mol. The fourth-order valence-corrected chi connectivity index (χ4v) is 3.30. The first kappa shape index (κ1) is 16.9. The predicted octanol–water partition coefficient (Wildman–Crippen LogP) is 2.41. The monoisotopic (exact) mass is 269 g/mol. The Morgan fingerprint density at radius 3 is 2.16 bits per heavy atom. The van der Waals surface area contributed by atoms with Crippen molar-refractivity contribution >= 4 is 0 Å². The van der Waals surface area contributed by atoms with E-state index in [0.29, 0.717) is 12.1 Å². The first-order chi connectivity index (χ1) is 8.95. The van der Waals surface area contributed by atoms with Crippen LogP contribution < -0.4 is 5.73 Å². The van der Waals surface area contributed by atoms with Gasteiger partial charge in [0.2, 0.25) is 0 Å². The van der Waals surface area contributed by atoms with E-state index in [2.05, 4.69) is 44.5 Å². The van der Waals surface area contributed by atoms with Crippen molar-refractivity contribution in [2.24, 2.45) is 17.6 Å². The Kier molecular flexibility index (Phi) is 7.33. The minimum Gasteiger partial charge on any atom is -0.330 e. The molecule has 1 heterocycles. The molecule has 0 spiro atoms. The molecule has 19 heavy (non-hydrogen) atoms. The maximum atomic E-state index is 5.72. The van der Waals surface area contributed by atoms with E-state index in [-0.39, 0.29) is 0 Å². The molecule has 3 nitrogen and oxygen atoms in total. The molecule has 0 radical (unpaired) electrons. The van der Waals surface area contributed by atoms with Gasteiger partial charge in [-0.25, -0.2) is 0 Å². The third kappa shape index (κ3) is 5.41. The minimum atomic E-state index is 0.689. The fraction of sp³-hybridized carbons (Fsp3) is 1.00. The van der Waals surface area contributed by atoms with Crippen molar-refractivity contribution < 1.29 is 0 Å². The lowest BCUT2D eigenvalue weighted by molar-refractivity contribution is 0.0580. The summed E-state index contributed by atoms with van der Waals surface area (Å²) in [4.78, 5) is 5.15. The number of hydrogen-bond donors (Lipinski definition) is 1. The highest BCUT2D eigenvalue weighted by atomic mass is 15.3. The molecular weight excluding hydrogens is 234 g/mol. The smallest absolute Gasteiger partial charge is 0.0195 e. The average Bonchev–Trinajstić information content (AvgIpc) is 2.34. The van der Waals surface area contributed by atoms with Crippen molar-refractivity contribution in [2.45, 2.75) is 59.0 Å². The topological polar surface area (TPSA) is 32.5 Å². The average molecular weight is 269 g/mol. The van der Waals surface area contributed by atoms with Crippen molar-refractivity contribution in [2.75, 3.05) is 33.2 Å². The Hall–Kier alpha value is -0.120. The molecule has 0 aromatic carbocycles. The third-order valence-electron chi connectivity index (χ3n) is 4.96. The first-order valence-electron chi connectivity index (χ1n) is 8.10. The SMILES string of the molecule is CC(C)C(CCN)CCCN1CC(C)N(C)C(C)C1. The Balaban J connectivity index is 2.28. The van der Waals surface area contributed by atoms with Crippen molar-refractivity contribution in [1.29, 1.82) is 0 Å². The summed E-state index contributed by atoms with van der Waals surface area (Å²) in [6.07, 6.45) is 3.85. The van der Waals surface area contributed by atoms with E-state index >= 15 is 0 Å². The van der Waals surface area contributed by atoms with Crippen molar-refractivity contribution in [3.8, 4) is 0 Å². The van der Waals surface area contributed by atoms with Crippen LogP contribution in [0.1, 0.15) is 47.0 Å². The Labute approximate surface area is 120 Å². The van der Waals surface area contributed by atoms with Crippen LogP contribution in [0.3, 0.4) is 0 Å². The highest BCUT2D eigenvalue weighted by molar-refractivity contribution is 4.82. The maximum absolute atomic E-state index is 5.72. The molecule has 1 aliphatic rings. The van der Waals surface area contributed by atoms with Gasteiger partial charge in [-0.3, -0.25) is 4.90 Å². The lowest BCUT2D eigenvalue weighted by Crippen LogP contribution is -2.54. The van der Waals surface area contributed by atoms with E-state index in [0.717, 1.165) is 18.4 Å². The second-order valence-electron chi connectivity index (χ2n) is 6.85. The van der Waals surface area contributed by atoms with Crippen LogP contribution in [0.15, 0.2) is 0 Å². The molecule has 0 saturated carbocycles. The minimum absolute atomic E-state index is 0.689. The molecule has 0 aliphatic carbocycles. The molecule has 1 fully saturated rings. The summed E-state index contributed by atoms with van der Waals surface area (Å²) in [5, 5.41) is 0. The second kappa shape index (κ2) is 8.23. The van der Waals surface area contributed by atoms with E-state index < -0.39 is 0 Å². The molecule has 1 rings (SSSR count). The van der Waals surface area contributed by atoms with Gasteiger partial charge in [0.05, 0.1) is 0 Å². The number of likely N-dealkylation sites (N-methyl/N-ethyl adjacent to an activating group) is 1. The van der Waals surface area contributed by atoms with E-state index in [1.165, 1.54) is 38.9 Å². The van der Waals surface area contributed by atoms with E-state index in [1.54, 1.807) is 0 Å². The zero-order chi connectivity index (χ0) is 14.4. The summed E-state index contributed by atoms with van der Waals surface area (Å²) in [5.41, 5.74) is 5.72. The number of piperazine rings is 1. The van der Waals surface area contributed by atoms with Crippen LogP contribution in [0.25, 0.3) is 0 Å². The second-order valence-corrected chi connectivity index (χ2v) is 6.85. The summed E-state index contributed by atoms with van der Waals surface area (Å²) in [6.45, 7) is 13.9. The van der Waals surface area contributed by atoms with Crippen LogP contribution in [0.2, 0.25) is 0 Å². The maximum Gasteiger partial charge on any atom is 0.0195 e. The van der Waals surface area contributed by atoms with Crippen molar-refractivity contribution in [1.82, 2.24) is 9.80 Å². The van der Waals surface area contributed by atoms with Crippen LogP contribution >= 0.6 is 0 Å². The lowest BCUT2D eigenvalue weighted by atomic mass is 9.88. The van der Waals surface area contributed by atoms with Gasteiger partial charge in [-0.1, -0.05) is 13.8 Å². The normalized spacial score (nSPS) is 27.9. The molecule has 3 unspecified atom stereocenters. The molecule has 1 saturated heterocycles. The van der Waals surface area contributed by atoms with Gasteiger partial charge in [-0.05, 0) is 65.1 Å². The van der Waals surface area contributed by atoms with Gasteiger partial charge in [0.1, 0.15) is 0 Å². The van der Waals surface area contributed by atoms with Gasteiger partial charge >= 0.3 is 0 Å². The molecule has 3 heteroatoms. The Morgan fingerprint density at radius 1 is 1.11 bits per heavy atom. The van der Waals surface area contributed by atoms with Crippen LogP contribution in [0.5, 0.6) is 0 Å². The van der Waals surface area contributed by atoms with Gasteiger partial charge in [0.25, 0.3) is 0 Å². The van der Waals surface area contributed by atoms with Crippen molar-refractivity contribution in [3.05, 3.63) is 0 Å². The molecule has 1 aliphatic heterocycles. The van der Waals surface area contributed by atoms with Gasteiger partial charge in [-0.15, -0.1) is 0 Å². The number of hydrogen-bond acceptors (Lipinski definition) is 3. The van der Waals surface area contributed by atoms with E-state index in [4.69, 9.17) is 5.73 Å². The van der Waals surface area contributed by atoms with E-state index in [9.17, 15) is 0 Å². The standard InChI is InChI=1S/C16H35N3/c1-13(2)16(8-9-17)7-6-10-19-11-14(3)18(5)15(4)12-19/h13-16H,6-12,17H2,1-5H3. The van der Waals surface area contributed by atoms with E-state index in [1.807, 2.05) is 0 Å². The lowest BCUT2D eigenvalue weighted by Gasteiger charge is -2.42. The van der Waals surface area contributed by atoms with Crippen LogP contribution in [0, 0.1) is 11.8 Å². The Bertz CT molecular complexity index is 230. The first-order valence-corrected chi connectivity index (χ1v) is 8.10. The number of nitrogens with two attached hydrogens (primary N) is 1. The molecule has 0 bridgehead atoms. The summed E-state index contributed by atoms with van der Waals surface area (Å²) < 4.78 is 0. The van der Waals surface area contributed by atoms with Gasteiger partial charge in [-0.2, -0.15) is 0 Å². The number of nitrogens with zero attached hydrogens (tertiary/aromatic N) is 2. The van der Waals surface area contributed by atoms with Gasteiger partial charge in [0.15, 0.2) is 0 Å². The molecular formula is C16H35N3. The zero-order valence-corrected chi connectivity index (χ0v) is 13.7. The third-order valence-corrected chi connectivity index (χ3v) is 4.96. The highest BCUT2D eigenvalue weighted by Gasteiger charge is 2.26. The molecule has 2 N–H and O–H groups in total. The van der Waals surface area contributed by atoms with Crippen molar-refractivity contribution in [3.63, 3.8) is 0 Å². The molecule has 114 valence electrons. The highest BCUT2D eigenvalue weighted by Crippen LogP contribution is 2.21. The molecule has 0 amide bonds. The summed E-state index contributed by atoms with van der Waals surface area (Å²) >= 11 is 0. The van der Waals surface area contributed by atoms with Crippen LogP contribution in [-0.4, -0.2) is 55.1 Å². The summed E-state index contributed by atoms with van der Waals surface area (Å²) in [6, 6.07) is 1.38. The molecule has 0 aromatic rings. The van der Waals surface area contributed by atoms with Gasteiger partial charge in [0, 0.05) is 25.2 Å². The zero-order valence-electron chi connectivity index (χ0n) is 13.7. The van der Waals surface area contributed by atoms with Crippen LogP contribution in [0.4, 0.5) is 0 Å². The van der Waals surface area contributed by atoms with Crippen LogP contribution in [-0.2, 0) is 0 Å². The number of rotatable bonds is 7. The summed E-state index contributed by atoms with van der Waals surface area (Å²) in [5.74, 6) is 1.58. The van der Waals surface area contributed by atoms with Gasteiger partial charge < -0.3 is 10.6 Å². The summed E-state index contributed by atoms with van der Waals surface area (Å²) in [7, 11) is 2.25. The Morgan fingerprint density at radius 2 is 1.68 bits per heavy atom. The largest absolute Gasteiger partial charge is 0.330 e.